The first-order valence-corrected chi connectivity index (χ1v) is 4.56. The standard InChI is InChI=1S/C9H14N4O2/c1-7(14)13(2)6-9(15)10-5-8-3-4-11-12-8/h3-4H,5-6H2,1-2H3,(H,10,15)(H,11,12). The van der Waals surface area contributed by atoms with Crippen molar-refractivity contribution >= 4 is 11.8 Å². The summed E-state index contributed by atoms with van der Waals surface area (Å²) in [7, 11) is 1.58. The molecule has 1 aromatic rings. The molecule has 0 aliphatic heterocycles. The Kier molecular flexibility index (Phi) is 3.84. The third kappa shape index (κ3) is 3.80. The lowest BCUT2D eigenvalue weighted by Crippen LogP contribution is -2.37. The van der Waals surface area contributed by atoms with E-state index in [4.69, 9.17) is 0 Å². The first kappa shape index (κ1) is 11.2. The van der Waals surface area contributed by atoms with Gasteiger partial charge >= 0.3 is 0 Å². The van der Waals surface area contributed by atoms with E-state index in [9.17, 15) is 9.59 Å². The van der Waals surface area contributed by atoms with Crippen LogP contribution in [0, 0.1) is 0 Å². The Balaban J connectivity index is 2.28. The molecule has 0 bridgehead atoms. The maximum absolute atomic E-state index is 11.3. The van der Waals surface area contributed by atoms with Crippen LogP contribution in [-0.4, -0.2) is 40.5 Å². The van der Waals surface area contributed by atoms with Gasteiger partial charge in [0, 0.05) is 20.2 Å². The summed E-state index contributed by atoms with van der Waals surface area (Å²) >= 11 is 0. The molecule has 1 rings (SSSR count). The molecular formula is C9H14N4O2. The average molecular weight is 210 g/mol. The number of aromatic nitrogens is 2. The van der Waals surface area contributed by atoms with Gasteiger partial charge < -0.3 is 10.2 Å². The van der Waals surface area contributed by atoms with Gasteiger partial charge in [-0.2, -0.15) is 5.10 Å². The Hall–Kier alpha value is -1.85. The molecule has 0 aromatic carbocycles. The van der Waals surface area contributed by atoms with Crippen molar-refractivity contribution in [2.45, 2.75) is 13.5 Å². The minimum Gasteiger partial charge on any atom is -0.349 e. The molecule has 0 saturated heterocycles. The average Bonchev–Trinajstić information content (AvgIpc) is 2.66. The number of H-pyrrole nitrogens is 1. The third-order valence-corrected chi connectivity index (χ3v) is 1.95. The molecular weight excluding hydrogens is 196 g/mol. The van der Waals surface area contributed by atoms with Crippen LogP contribution in [0.5, 0.6) is 0 Å². The number of nitrogens with zero attached hydrogens (tertiary/aromatic N) is 2. The van der Waals surface area contributed by atoms with E-state index in [2.05, 4.69) is 15.5 Å². The van der Waals surface area contributed by atoms with Crippen LogP contribution >= 0.6 is 0 Å². The van der Waals surface area contributed by atoms with Gasteiger partial charge in [-0.05, 0) is 6.07 Å². The molecule has 82 valence electrons. The van der Waals surface area contributed by atoms with E-state index < -0.39 is 0 Å². The van der Waals surface area contributed by atoms with E-state index in [-0.39, 0.29) is 18.4 Å². The van der Waals surface area contributed by atoms with Crippen LogP contribution in [0.1, 0.15) is 12.6 Å². The molecule has 6 nitrogen and oxygen atoms in total. The second kappa shape index (κ2) is 5.14. The molecule has 1 heterocycles. The fourth-order valence-corrected chi connectivity index (χ4v) is 0.960. The zero-order chi connectivity index (χ0) is 11.3. The molecule has 15 heavy (non-hydrogen) atoms. The van der Waals surface area contributed by atoms with E-state index >= 15 is 0 Å². The number of hydrogen-bond donors (Lipinski definition) is 2. The van der Waals surface area contributed by atoms with Crippen molar-refractivity contribution < 1.29 is 9.59 Å². The monoisotopic (exact) mass is 210 g/mol. The second-order valence-corrected chi connectivity index (χ2v) is 3.23. The highest BCUT2D eigenvalue weighted by Gasteiger charge is 2.08. The Bertz CT molecular complexity index is 334. The number of hydrogen-bond acceptors (Lipinski definition) is 3. The Morgan fingerprint density at radius 1 is 1.60 bits per heavy atom. The molecule has 6 heteroatoms. The van der Waals surface area contributed by atoms with Gasteiger partial charge in [0.25, 0.3) is 0 Å². The molecule has 2 N–H and O–H groups in total. The number of likely N-dealkylation sites (N-methyl/N-ethyl adjacent to an activating group) is 1. The van der Waals surface area contributed by atoms with Crippen LogP contribution in [-0.2, 0) is 16.1 Å². The van der Waals surface area contributed by atoms with Gasteiger partial charge in [-0.3, -0.25) is 14.7 Å². The van der Waals surface area contributed by atoms with Crippen LogP contribution in [0.15, 0.2) is 12.3 Å². The SMILES string of the molecule is CC(=O)N(C)CC(=O)NCc1ccn[nH]1. The van der Waals surface area contributed by atoms with Crippen molar-refractivity contribution in [3.8, 4) is 0 Å². The van der Waals surface area contributed by atoms with Crippen molar-refractivity contribution in [2.75, 3.05) is 13.6 Å². The summed E-state index contributed by atoms with van der Waals surface area (Å²) in [5.74, 6) is -0.325. The third-order valence-electron chi connectivity index (χ3n) is 1.95. The number of amides is 2. The fourth-order valence-electron chi connectivity index (χ4n) is 0.960. The molecule has 1 aromatic heterocycles. The van der Waals surface area contributed by atoms with Gasteiger partial charge in [0.05, 0.1) is 18.8 Å². The molecule has 2 amide bonds. The summed E-state index contributed by atoms with van der Waals surface area (Å²) < 4.78 is 0. The Morgan fingerprint density at radius 2 is 2.33 bits per heavy atom. The molecule has 0 aliphatic rings. The summed E-state index contributed by atoms with van der Waals surface area (Å²) in [6.45, 7) is 1.89. The molecule has 0 radical (unpaired) electrons. The van der Waals surface area contributed by atoms with Crippen LogP contribution < -0.4 is 5.32 Å². The van der Waals surface area contributed by atoms with Crippen LogP contribution in [0.2, 0.25) is 0 Å². The Morgan fingerprint density at radius 3 is 2.87 bits per heavy atom. The Labute approximate surface area is 87.7 Å². The quantitative estimate of drug-likeness (QED) is 0.703. The molecule has 0 atom stereocenters. The van der Waals surface area contributed by atoms with Gasteiger partial charge in [0.15, 0.2) is 0 Å². The van der Waals surface area contributed by atoms with Crippen LogP contribution in [0.3, 0.4) is 0 Å². The highest BCUT2D eigenvalue weighted by molar-refractivity contribution is 5.83. The largest absolute Gasteiger partial charge is 0.349 e. The predicted molar refractivity (Wildman–Crippen MR) is 53.7 cm³/mol. The van der Waals surface area contributed by atoms with Crippen molar-refractivity contribution in [2.24, 2.45) is 0 Å². The highest BCUT2D eigenvalue weighted by Crippen LogP contribution is 1.90. The molecule has 0 unspecified atom stereocenters. The lowest BCUT2D eigenvalue weighted by atomic mass is 10.4. The van der Waals surface area contributed by atoms with Gasteiger partial charge in [-0.25, -0.2) is 0 Å². The maximum atomic E-state index is 11.3. The first-order valence-electron chi connectivity index (χ1n) is 4.56. The van der Waals surface area contributed by atoms with Gasteiger partial charge in [-0.15, -0.1) is 0 Å². The number of rotatable bonds is 4. The molecule has 0 spiro atoms. The molecule has 0 fully saturated rings. The normalized spacial score (nSPS) is 9.73. The minimum atomic E-state index is -0.192. The lowest BCUT2D eigenvalue weighted by Gasteiger charge is -2.13. The smallest absolute Gasteiger partial charge is 0.239 e. The lowest BCUT2D eigenvalue weighted by molar-refractivity contribution is -0.133. The second-order valence-electron chi connectivity index (χ2n) is 3.23. The van der Waals surface area contributed by atoms with Gasteiger partial charge in [-0.1, -0.05) is 0 Å². The summed E-state index contributed by atoms with van der Waals surface area (Å²) in [6, 6.07) is 1.77. The number of aromatic amines is 1. The molecule has 0 aliphatic carbocycles. The van der Waals surface area contributed by atoms with Crippen LogP contribution in [0.25, 0.3) is 0 Å². The van der Waals surface area contributed by atoms with E-state index in [1.165, 1.54) is 11.8 Å². The van der Waals surface area contributed by atoms with Crippen molar-refractivity contribution in [1.29, 1.82) is 0 Å². The van der Waals surface area contributed by atoms with Crippen molar-refractivity contribution in [1.82, 2.24) is 20.4 Å². The zero-order valence-corrected chi connectivity index (χ0v) is 8.78. The van der Waals surface area contributed by atoms with Crippen LogP contribution in [0.4, 0.5) is 0 Å². The summed E-state index contributed by atoms with van der Waals surface area (Å²) in [5.41, 5.74) is 0.828. The van der Waals surface area contributed by atoms with E-state index in [0.29, 0.717) is 6.54 Å². The van der Waals surface area contributed by atoms with E-state index in [0.717, 1.165) is 5.69 Å². The summed E-state index contributed by atoms with van der Waals surface area (Å²) in [5, 5.41) is 9.14. The summed E-state index contributed by atoms with van der Waals surface area (Å²) in [4.78, 5) is 23.5. The number of carbonyl (C=O) groups excluding carboxylic acids is 2. The minimum absolute atomic E-state index is 0.0729. The van der Waals surface area contributed by atoms with Crippen molar-refractivity contribution in [3.63, 3.8) is 0 Å². The maximum Gasteiger partial charge on any atom is 0.239 e. The number of carbonyl (C=O) groups is 2. The first-order chi connectivity index (χ1) is 7.09. The topological polar surface area (TPSA) is 78.1 Å². The van der Waals surface area contributed by atoms with Gasteiger partial charge in [0.2, 0.25) is 11.8 Å². The van der Waals surface area contributed by atoms with E-state index in [1.807, 2.05) is 0 Å². The summed E-state index contributed by atoms with van der Waals surface area (Å²) in [6.07, 6.45) is 1.61. The number of nitrogens with one attached hydrogen (secondary N) is 2. The van der Waals surface area contributed by atoms with E-state index in [1.54, 1.807) is 19.3 Å². The predicted octanol–water partition coefficient (Wildman–Crippen LogP) is -0.496. The zero-order valence-electron chi connectivity index (χ0n) is 8.78. The molecule has 0 saturated carbocycles. The fraction of sp³-hybridized carbons (Fsp3) is 0.444. The van der Waals surface area contributed by atoms with Gasteiger partial charge in [0.1, 0.15) is 0 Å². The van der Waals surface area contributed by atoms with Crippen molar-refractivity contribution in [3.05, 3.63) is 18.0 Å². The highest BCUT2D eigenvalue weighted by atomic mass is 16.2.